The summed E-state index contributed by atoms with van der Waals surface area (Å²) in [7, 11) is 2.16. The molecule has 8 rings (SSSR count). The van der Waals surface area contributed by atoms with Crippen molar-refractivity contribution in [3.63, 3.8) is 0 Å². The van der Waals surface area contributed by atoms with E-state index in [0.717, 1.165) is 0 Å². The molecule has 0 unspecified atom stereocenters. The lowest BCUT2D eigenvalue weighted by Crippen LogP contribution is -1.92. The third kappa shape index (κ3) is 4.07. The van der Waals surface area contributed by atoms with Crippen molar-refractivity contribution in [1.82, 2.24) is 4.57 Å². The molecule has 1 aromatic heterocycles. The highest BCUT2D eigenvalue weighted by Gasteiger charge is 2.17. The number of para-hydroxylation sites is 1. The lowest BCUT2D eigenvalue weighted by atomic mass is 9.85. The lowest BCUT2D eigenvalue weighted by molar-refractivity contribution is 0.867. The average molecular weight is 552 g/mol. The molecule has 0 aliphatic heterocycles. The number of fused-ring (bicyclic) bond motifs is 5. The van der Waals surface area contributed by atoms with Crippen LogP contribution >= 0.6 is 0 Å². The molecule has 0 bridgehead atoms. The largest absolute Gasteiger partial charge is 0.344 e. The molecular formula is C42H33N. The van der Waals surface area contributed by atoms with Gasteiger partial charge in [0, 0.05) is 28.9 Å². The molecule has 0 fully saturated rings. The second kappa shape index (κ2) is 10.00. The summed E-state index contributed by atoms with van der Waals surface area (Å²) in [6, 6.07) is 51.7. The van der Waals surface area contributed by atoms with Crippen LogP contribution < -0.4 is 0 Å². The smallest absolute Gasteiger partial charge is 0.0489 e. The molecule has 7 aromatic carbocycles. The monoisotopic (exact) mass is 551 g/mol. The summed E-state index contributed by atoms with van der Waals surface area (Å²) < 4.78 is 2.29. The first-order chi connectivity index (χ1) is 21.1. The molecule has 0 N–H and O–H groups in total. The molecule has 1 heteroatoms. The Morgan fingerprint density at radius 3 is 1.51 bits per heavy atom. The van der Waals surface area contributed by atoms with Crippen LogP contribution in [-0.4, -0.2) is 4.57 Å². The highest BCUT2D eigenvalue weighted by Crippen LogP contribution is 2.44. The van der Waals surface area contributed by atoms with Gasteiger partial charge in [-0.25, -0.2) is 0 Å². The maximum Gasteiger partial charge on any atom is 0.0489 e. The van der Waals surface area contributed by atoms with Crippen LogP contribution in [0.15, 0.2) is 140 Å². The van der Waals surface area contributed by atoms with Crippen molar-refractivity contribution in [2.75, 3.05) is 0 Å². The van der Waals surface area contributed by atoms with E-state index in [9.17, 15) is 0 Å². The Morgan fingerprint density at radius 2 is 0.884 bits per heavy atom. The van der Waals surface area contributed by atoms with Crippen molar-refractivity contribution in [2.24, 2.45) is 7.05 Å². The van der Waals surface area contributed by atoms with E-state index in [4.69, 9.17) is 0 Å². The first-order valence-electron chi connectivity index (χ1n) is 15.2. The first kappa shape index (κ1) is 25.6. The summed E-state index contributed by atoms with van der Waals surface area (Å²) in [6.07, 6.45) is 0. The van der Waals surface area contributed by atoms with Crippen molar-refractivity contribution in [3.05, 3.63) is 145 Å². The van der Waals surface area contributed by atoms with Gasteiger partial charge in [0.05, 0.1) is 0 Å². The van der Waals surface area contributed by atoms with Gasteiger partial charge in [0.1, 0.15) is 0 Å². The molecule has 0 amide bonds. The van der Waals surface area contributed by atoms with Gasteiger partial charge in [0.2, 0.25) is 0 Å². The SMILES string of the molecule is CC(C)c1ccc(-c2c3ccccc3c(-c3cccc(-c4ccc5c(c4)c4ccccc4n5C)c3)c3ccccc23)cc1. The lowest BCUT2D eigenvalue weighted by Gasteiger charge is -2.18. The van der Waals surface area contributed by atoms with Gasteiger partial charge in [-0.1, -0.05) is 129 Å². The van der Waals surface area contributed by atoms with Crippen LogP contribution in [0.4, 0.5) is 0 Å². The quantitative estimate of drug-likeness (QED) is 0.192. The van der Waals surface area contributed by atoms with Crippen molar-refractivity contribution in [1.29, 1.82) is 0 Å². The highest BCUT2D eigenvalue weighted by atomic mass is 14.9. The number of aromatic nitrogens is 1. The summed E-state index contributed by atoms with van der Waals surface area (Å²) >= 11 is 0. The zero-order chi connectivity index (χ0) is 29.1. The molecule has 8 aromatic rings. The topological polar surface area (TPSA) is 4.93 Å². The van der Waals surface area contributed by atoms with Gasteiger partial charge in [0.15, 0.2) is 0 Å². The van der Waals surface area contributed by atoms with E-state index in [1.807, 2.05) is 0 Å². The fraction of sp³-hybridized carbons (Fsp3) is 0.0952. The Kier molecular flexibility index (Phi) is 5.94. The zero-order valence-electron chi connectivity index (χ0n) is 24.8. The van der Waals surface area contributed by atoms with Gasteiger partial charge in [-0.05, 0) is 90.7 Å². The van der Waals surface area contributed by atoms with Gasteiger partial charge >= 0.3 is 0 Å². The van der Waals surface area contributed by atoms with Gasteiger partial charge in [0.25, 0.3) is 0 Å². The number of hydrogen-bond donors (Lipinski definition) is 0. The van der Waals surface area contributed by atoms with Crippen molar-refractivity contribution < 1.29 is 0 Å². The second-order valence-corrected chi connectivity index (χ2v) is 12.0. The molecule has 0 radical (unpaired) electrons. The Morgan fingerprint density at radius 1 is 0.395 bits per heavy atom. The van der Waals surface area contributed by atoms with Crippen molar-refractivity contribution >= 4 is 43.4 Å². The second-order valence-electron chi connectivity index (χ2n) is 12.0. The Hall–Kier alpha value is -5.14. The Balaban J connectivity index is 1.35. The maximum atomic E-state index is 2.37. The van der Waals surface area contributed by atoms with Gasteiger partial charge in [-0.3, -0.25) is 0 Å². The van der Waals surface area contributed by atoms with Gasteiger partial charge < -0.3 is 4.57 Å². The van der Waals surface area contributed by atoms with Crippen LogP contribution in [0.25, 0.3) is 76.7 Å². The van der Waals surface area contributed by atoms with E-state index in [0.29, 0.717) is 5.92 Å². The Labute approximate surface area is 252 Å². The van der Waals surface area contributed by atoms with E-state index in [1.165, 1.54) is 82.3 Å². The summed E-state index contributed by atoms with van der Waals surface area (Å²) in [6.45, 7) is 4.51. The normalized spacial score (nSPS) is 11.8. The predicted octanol–water partition coefficient (Wildman–Crippen LogP) is 11.8. The number of benzene rings is 7. The predicted molar refractivity (Wildman–Crippen MR) is 186 cm³/mol. The molecule has 0 spiro atoms. The standard InChI is InChI=1S/C42H33N/c1-27(2)28-19-21-29(22-20-28)41-34-14-4-6-16-36(34)42(37-17-7-5-15-35(37)41)32-12-10-11-30(25-32)31-23-24-40-38(26-31)33-13-8-9-18-39(33)43(40)3/h4-27H,1-3H3. The van der Waals surface area contributed by atoms with E-state index in [1.54, 1.807) is 0 Å². The molecule has 0 aliphatic rings. The summed E-state index contributed by atoms with van der Waals surface area (Å²) in [5.74, 6) is 0.513. The van der Waals surface area contributed by atoms with E-state index in [2.05, 4.69) is 165 Å². The molecule has 43 heavy (non-hydrogen) atoms. The van der Waals surface area contributed by atoms with Gasteiger partial charge in [-0.15, -0.1) is 0 Å². The van der Waals surface area contributed by atoms with Gasteiger partial charge in [-0.2, -0.15) is 0 Å². The number of hydrogen-bond acceptors (Lipinski definition) is 0. The van der Waals surface area contributed by atoms with Crippen LogP contribution in [0, 0.1) is 0 Å². The van der Waals surface area contributed by atoms with E-state index in [-0.39, 0.29) is 0 Å². The number of nitrogens with zero attached hydrogens (tertiary/aromatic N) is 1. The van der Waals surface area contributed by atoms with Crippen LogP contribution in [0.3, 0.4) is 0 Å². The van der Waals surface area contributed by atoms with E-state index < -0.39 is 0 Å². The van der Waals surface area contributed by atoms with Crippen LogP contribution in [-0.2, 0) is 7.05 Å². The van der Waals surface area contributed by atoms with Crippen LogP contribution in [0.1, 0.15) is 25.3 Å². The maximum absolute atomic E-state index is 2.37. The van der Waals surface area contributed by atoms with Crippen LogP contribution in [0.2, 0.25) is 0 Å². The first-order valence-corrected chi connectivity index (χ1v) is 15.2. The minimum absolute atomic E-state index is 0.513. The average Bonchev–Trinajstić information content (AvgIpc) is 3.34. The minimum atomic E-state index is 0.513. The molecule has 0 atom stereocenters. The molecule has 1 nitrogen and oxygen atoms in total. The molecule has 0 saturated carbocycles. The molecular weight excluding hydrogens is 518 g/mol. The highest BCUT2D eigenvalue weighted by molar-refractivity contribution is 6.21. The fourth-order valence-corrected chi connectivity index (χ4v) is 6.99. The van der Waals surface area contributed by atoms with Crippen LogP contribution in [0.5, 0.6) is 0 Å². The number of rotatable bonds is 4. The summed E-state index contributed by atoms with van der Waals surface area (Å²) in [5, 5.41) is 7.74. The zero-order valence-corrected chi connectivity index (χ0v) is 24.8. The number of aryl methyl sites for hydroxylation is 1. The van der Waals surface area contributed by atoms with E-state index >= 15 is 0 Å². The van der Waals surface area contributed by atoms with Crippen molar-refractivity contribution in [2.45, 2.75) is 19.8 Å². The molecule has 206 valence electrons. The molecule has 1 heterocycles. The molecule has 0 saturated heterocycles. The summed E-state index contributed by atoms with van der Waals surface area (Å²) in [4.78, 5) is 0. The third-order valence-corrected chi connectivity index (χ3v) is 9.20. The molecule has 0 aliphatic carbocycles. The Bertz CT molecular complexity index is 2260. The van der Waals surface area contributed by atoms with Crippen molar-refractivity contribution in [3.8, 4) is 33.4 Å². The summed E-state index contributed by atoms with van der Waals surface area (Å²) in [5.41, 5.74) is 11.5. The third-order valence-electron chi connectivity index (χ3n) is 9.20. The fourth-order valence-electron chi connectivity index (χ4n) is 6.99. The minimum Gasteiger partial charge on any atom is -0.344 e.